The molecule has 0 aromatic rings. The molecule has 3 aliphatic heterocycles. The highest BCUT2D eigenvalue weighted by atomic mass is 16.6. The Morgan fingerprint density at radius 2 is 2.22 bits per heavy atom. The lowest BCUT2D eigenvalue weighted by Gasteiger charge is -2.23. The number of hydrogen-bond acceptors (Lipinski definition) is 6. The Kier molecular flexibility index (Phi) is 4.31. The Balaban J connectivity index is 1.94. The van der Waals surface area contributed by atoms with Crippen LogP contribution in [0.25, 0.3) is 0 Å². The molecule has 1 unspecified atom stereocenters. The van der Waals surface area contributed by atoms with E-state index in [0.717, 1.165) is 0 Å². The van der Waals surface area contributed by atoms with Gasteiger partial charge in [0.25, 0.3) is 0 Å². The molecule has 8 nitrogen and oxygen atoms in total. The molecule has 23 heavy (non-hydrogen) atoms. The highest BCUT2D eigenvalue weighted by molar-refractivity contribution is 6.37. The third-order valence-corrected chi connectivity index (χ3v) is 3.76. The number of urea groups is 1. The zero-order valence-electron chi connectivity index (χ0n) is 12.5. The predicted octanol–water partition coefficient (Wildman–Crippen LogP) is 0.0522. The van der Waals surface area contributed by atoms with Crippen molar-refractivity contribution in [3.63, 3.8) is 0 Å². The molecule has 4 atom stereocenters. The van der Waals surface area contributed by atoms with E-state index >= 15 is 0 Å². The average Bonchev–Trinajstić information content (AvgIpc) is 3.03. The lowest BCUT2D eigenvalue weighted by atomic mass is 9.97. The number of aliphatic hydroxyl groups excluding tert-OH is 2. The monoisotopic (exact) mass is 319 g/mol. The van der Waals surface area contributed by atoms with Crippen LogP contribution < -0.4 is 0 Å². The van der Waals surface area contributed by atoms with Gasteiger partial charge in [-0.2, -0.15) is 9.98 Å². The lowest BCUT2D eigenvalue weighted by molar-refractivity contribution is -0.0211. The number of fused-ring (bicyclic) bond motifs is 1. The summed E-state index contributed by atoms with van der Waals surface area (Å²) < 4.78 is 11.2. The molecule has 0 aromatic carbocycles. The third kappa shape index (κ3) is 2.81. The summed E-state index contributed by atoms with van der Waals surface area (Å²) in [6.07, 6.45) is -0.162. The number of amides is 2. The second-order valence-corrected chi connectivity index (χ2v) is 5.38. The van der Waals surface area contributed by atoms with Crippen molar-refractivity contribution in [2.24, 2.45) is 15.0 Å². The van der Waals surface area contributed by atoms with E-state index < -0.39 is 30.4 Å². The minimum atomic E-state index is -1.05. The summed E-state index contributed by atoms with van der Waals surface area (Å²) in [5, 5.41) is 19.6. The number of carbonyl (C=O) groups is 1. The van der Waals surface area contributed by atoms with Gasteiger partial charge in [0, 0.05) is 11.3 Å². The van der Waals surface area contributed by atoms with Crippen molar-refractivity contribution < 1.29 is 24.5 Å². The van der Waals surface area contributed by atoms with Crippen LogP contribution in [0.2, 0.25) is 0 Å². The SMILES string of the molecule is C=CCO[C@H]1C(C2=NC(=O)N=C3N=C(C)C=C32)O[C@H](CO)[C@@H]1O. The second-order valence-electron chi connectivity index (χ2n) is 5.38. The molecular formula is C15H17N3O5. The molecule has 0 spiro atoms. The Morgan fingerprint density at radius 1 is 1.43 bits per heavy atom. The maximum absolute atomic E-state index is 11.7. The van der Waals surface area contributed by atoms with Crippen LogP contribution in [0.15, 0.2) is 39.3 Å². The van der Waals surface area contributed by atoms with Gasteiger partial charge in [-0.3, -0.25) is 0 Å². The fraction of sp³-hybridized carbons (Fsp3) is 0.467. The van der Waals surface area contributed by atoms with Gasteiger partial charge in [-0.1, -0.05) is 6.08 Å². The van der Waals surface area contributed by atoms with Crippen LogP contribution in [-0.4, -0.2) is 71.1 Å². The minimum absolute atomic E-state index is 0.191. The quantitative estimate of drug-likeness (QED) is 0.695. The first kappa shape index (κ1) is 15.9. The van der Waals surface area contributed by atoms with E-state index in [-0.39, 0.29) is 19.0 Å². The van der Waals surface area contributed by atoms with Gasteiger partial charge in [0.05, 0.1) is 18.9 Å². The smallest absolute Gasteiger partial charge is 0.369 e. The van der Waals surface area contributed by atoms with Gasteiger partial charge in [-0.25, -0.2) is 9.79 Å². The van der Waals surface area contributed by atoms with Crippen molar-refractivity contribution in [2.45, 2.75) is 31.3 Å². The van der Waals surface area contributed by atoms with E-state index in [1.165, 1.54) is 0 Å². The fourth-order valence-electron chi connectivity index (χ4n) is 2.78. The lowest BCUT2D eigenvalue weighted by Crippen LogP contribution is -2.41. The fourth-order valence-corrected chi connectivity index (χ4v) is 2.78. The summed E-state index contributed by atoms with van der Waals surface area (Å²) in [4.78, 5) is 23.6. The predicted molar refractivity (Wildman–Crippen MR) is 83.1 cm³/mol. The number of ether oxygens (including phenoxy) is 2. The molecule has 2 amide bonds. The summed E-state index contributed by atoms with van der Waals surface area (Å²) in [5.41, 5.74) is 1.58. The number of rotatable bonds is 5. The number of amidine groups is 1. The standard InChI is InChI=1S/C15H17N3O5/c1-3-4-22-13-11(20)9(6-19)23-12(13)10-8-5-7(2)16-14(8)18-15(21)17-10/h3,5,9,11-13,19-20H,1,4,6H2,2H3/t9-,11+,12?,13-/m1/s1. The van der Waals surface area contributed by atoms with Crippen LogP contribution in [0.4, 0.5) is 4.79 Å². The van der Waals surface area contributed by atoms with E-state index in [9.17, 15) is 15.0 Å². The first-order valence-electron chi connectivity index (χ1n) is 7.21. The van der Waals surface area contributed by atoms with Gasteiger partial charge in [-0.15, -0.1) is 6.58 Å². The number of hydrogen-bond donors (Lipinski definition) is 2. The van der Waals surface area contributed by atoms with E-state index in [1.807, 2.05) is 0 Å². The summed E-state index contributed by atoms with van der Waals surface area (Å²) in [7, 11) is 0. The third-order valence-electron chi connectivity index (χ3n) is 3.76. The van der Waals surface area contributed by atoms with Gasteiger partial charge in [0.2, 0.25) is 0 Å². The topological polar surface area (TPSA) is 113 Å². The molecule has 8 heteroatoms. The molecular weight excluding hydrogens is 302 g/mol. The maximum atomic E-state index is 11.7. The molecule has 3 rings (SSSR count). The van der Waals surface area contributed by atoms with Gasteiger partial charge >= 0.3 is 6.03 Å². The van der Waals surface area contributed by atoms with E-state index in [2.05, 4.69) is 21.6 Å². The average molecular weight is 319 g/mol. The molecule has 1 fully saturated rings. The highest BCUT2D eigenvalue weighted by Crippen LogP contribution is 2.30. The number of carbonyl (C=O) groups excluding carboxylic acids is 1. The molecule has 0 bridgehead atoms. The van der Waals surface area contributed by atoms with Crippen LogP contribution in [0.1, 0.15) is 6.92 Å². The molecule has 0 saturated carbocycles. The van der Waals surface area contributed by atoms with Crippen molar-refractivity contribution in [3.05, 3.63) is 24.3 Å². The van der Waals surface area contributed by atoms with Gasteiger partial charge < -0.3 is 19.7 Å². The molecule has 3 aliphatic rings. The molecule has 2 N–H and O–H groups in total. The summed E-state index contributed by atoms with van der Waals surface area (Å²) in [6, 6.07) is -0.682. The number of allylic oxidation sites excluding steroid dienone is 1. The van der Waals surface area contributed by atoms with Crippen LogP contribution in [0.5, 0.6) is 0 Å². The summed E-state index contributed by atoms with van der Waals surface area (Å²) in [5.74, 6) is 0.283. The Morgan fingerprint density at radius 3 is 2.91 bits per heavy atom. The van der Waals surface area contributed by atoms with E-state index in [0.29, 0.717) is 17.0 Å². The summed E-state index contributed by atoms with van der Waals surface area (Å²) >= 11 is 0. The normalized spacial score (nSPS) is 32.9. The molecule has 122 valence electrons. The maximum Gasteiger partial charge on any atom is 0.369 e. The van der Waals surface area contributed by atoms with Gasteiger partial charge in [0.15, 0.2) is 5.84 Å². The van der Waals surface area contributed by atoms with Crippen LogP contribution in [-0.2, 0) is 9.47 Å². The first-order valence-corrected chi connectivity index (χ1v) is 7.21. The van der Waals surface area contributed by atoms with Crippen LogP contribution >= 0.6 is 0 Å². The van der Waals surface area contributed by atoms with Crippen molar-refractivity contribution in [1.82, 2.24) is 0 Å². The largest absolute Gasteiger partial charge is 0.394 e. The second kappa shape index (κ2) is 6.25. The van der Waals surface area contributed by atoms with Crippen molar-refractivity contribution in [1.29, 1.82) is 0 Å². The Labute approximate surface area is 132 Å². The molecule has 0 radical (unpaired) electrons. The van der Waals surface area contributed by atoms with Crippen molar-refractivity contribution >= 4 is 23.3 Å². The van der Waals surface area contributed by atoms with Crippen LogP contribution in [0, 0.1) is 0 Å². The van der Waals surface area contributed by atoms with Gasteiger partial charge in [-0.05, 0) is 13.0 Å². The van der Waals surface area contributed by atoms with Crippen molar-refractivity contribution in [2.75, 3.05) is 13.2 Å². The van der Waals surface area contributed by atoms with Crippen LogP contribution in [0.3, 0.4) is 0 Å². The molecule has 0 aromatic heterocycles. The highest BCUT2D eigenvalue weighted by Gasteiger charge is 2.48. The molecule has 3 heterocycles. The Hall–Kier alpha value is -2.00. The Bertz CT molecular complexity index is 664. The molecule has 1 saturated heterocycles. The van der Waals surface area contributed by atoms with E-state index in [1.54, 1.807) is 19.1 Å². The first-order chi connectivity index (χ1) is 11.0. The van der Waals surface area contributed by atoms with Gasteiger partial charge in [0.1, 0.15) is 24.4 Å². The zero-order chi connectivity index (χ0) is 16.6. The molecule has 0 aliphatic carbocycles. The number of nitrogens with zero attached hydrogens (tertiary/aromatic N) is 3. The summed E-state index contributed by atoms with van der Waals surface area (Å²) in [6.45, 7) is 5.17. The van der Waals surface area contributed by atoms with Crippen molar-refractivity contribution in [3.8, 4) is 0 Å². The number of aliphatic hydroxyl groups is 2. The minimum Gasteiger partial charge on any atom is -0.394 e. The van der Waals surface area contributed by atoms with E-state index in [4.69, 9.17) is 9.47 Å². The number of aliphatic imine (C=N–C) groups is 3. The zero-order valence-corrected chi connectivity index (χ0v) is 12.5.